The topological polar surface area (TPSA) is 57.5 Å². The summed E-state index contributed by atoms with van der Waals surface area (Å²) < 4.78 is 0. The number of carbonyl (C=O) groups is 1. The van der Waals surface area contributed by atoms with Crippen molar-refractivity contribution in [2.24, 2.45) is 0 Å². The summed E-state index contributed by atoms with van der Waals surface area (Å²) in [6.07, 6.45) is 0. The number of aromatic carboxylic acids is 1. The summed E-state index contributed by atoms with van der Waals surface area (Å²) in [5, 5.41) is 21.8. The highest BCUT2D eigenvalue weighted by molar-refractivity contribution is 6.30. The minimum absolute atomic E-state index is 0.151. The van der Waals surface area contributed by atoms with Gasteiger partial charge in [-0.1, -0.05) is 59.6 Å². The van der Waals surface area contributed by atoms with Crippen molar-refractivity contribution >= 4 is 29.2 Å². The van der Waals surface area contributed by atoms with E-state index in [1.54, 1.807) is 60.7 Å². The van der Waals surface area contributed by atoms with Crippen LogP contribution in [-0.2, 0) is 5.60 Å². The van der Waals surface area contributed by atoms with E-state index in [0.717, 1.165) is 0 Å². The van der Waals surface area contributed by atoms with Crippen molar-refractivity contribution in [3.63, 3.8) is 0 Å². The zero-order valence-electron chi connectivity index (χ0n) is 13.0. The third-order valence-corrected chi connectivity index (χ3v) is 4.58. The lowest BCUT2D eigenvalue weighted by molar-refractivity contribution is 0.0696. The number of halogens is 2. The second-order valence-electron chi connectivity index (χ2n) is 5.61. The van der Waals surface area contributed by atoms with Gasteiger partial charge in [-0.05, 0) is 53.1 Å². The first-order valence-electron chi connectivity index (χ1n) is 7.49. The number of rotatable bonds is 4. The zero-order chi connectivity index (χ0) is 18.0. The SMILES string of the molecule is O=C(O)c1ccc(C(O)(c2ccc(Cl)cc2)c2ccc(Cl)cc2)cc1. The normalized spacial score (nSPS) is 11.3. The maximum Gasteiger partial charge on any atom is 0.335 e. The van der Waals surface area contributed by atoms with Crippen LogP contribution in [0.15, 0.2) is 72.8 Å². The number of hydrogen-bond acceptors (Lipinski definition) is 2. The van der Waals surface area contributed by atoms with Gasteiger partial charge in [0.2, 0.25) is 0 Å². The van der Waals surface area contributed by atoms with Gasteiger partial charge in [-0.25, -0.2) is 4.79 Å². The van der Waals surface area contributed by atoms with E-state index in [4.69, 9.17) is 28.3 Å². The molecular weight excluding hydrogens is 359 g/mol. The Hall–Kier alpha value is -2.33. The molecule has 0 heterocycles. The minimum atomic E-state index is -1.47. The number of benzene rings is 3. The van der Waals surface area contributed by atoms with Crippen molar-refractivity contribution < 1.29 is 15.0 Å². The van der Waals surface area contributed by atoms with Crippen LogP contribution in [0, 0.1) is 0 Å². The molecule has 0 fully saturated rings. The summed E-state index contributed by atoms with van der Waals surface area (Å²) in [5.41, 5.74) is 0.455. The lowest BCUT2D eigenvalue weighted by Gasteiger charge is -2.30. The predicted molar refractivity (Wildman–Crippen MR) is 98.4 cm³/mol. The molecule has 0 aliphatic rings. The maximum absolute atomic E-state index is 11.6. The molecule has 0 bridgehead atoms. The summed E-state index contributed by atoms with van der Waals surface area (Å²) in [6.45, 7) is 0. The molecule has 0 saturated carbocycles. The van der Waals surface area contributed by atoms with Gasteiger partial charge in [0.25, 0.3) is 0 Å². The Morgan fingerprint density at radius 2 is 1.00 bits per heavy atom. The molecular formula is C20H14Cl2O3. The molecule has 0 amide bonds. The third-order valence-electron chi connectivity index (χ3n) is 4.07. The van der Waals surface area contributed by atoms with Crippen LogP contribution in [0.5, 0.6) is 0 Å². The van der Waals surface area contributed by atoms with Gasteiger partial charge in [-0.2, -0.15) is 0 Å². The fourth-order valence-corrected chi connectivity index (χ4v) is 2.99. The predicted octanol–water partition coefficient (Wildman–Crippen LogP) is 4.98. The Kier molecular flexibility index (Phi) is 4.82. The van der Waals surface area contributed by atoms with Gasteiger partial charge in [-0.3, -0.25) is 0 Å². The molecule has 0 radical (unpaired) electrons. The minimum Gasteiger partial charge on any atom is -0.478 e. The van der Waals surface area contributed by atoms with Crippen molar-refractivity contribution in [3.05, 3.63) is 105 Å². The fourth-order valence-electron chi connectivity index (χ4n) is 2.74. The van der Waals surface area contributed by atoms with Gasteiger partial charge in [0, 0.05) is 10.0 Å². The van der Waals surface area contributed by atoms with Crippen LogP contribution in [0.2, 0.25) is 10.0 Å². The molecule has 0 unspecified atom stereocenters. The fraction of sp³-hybridized carbons (Fsp3) is 0.0500. The van der Waals surface area contributed by atoms with Crippen molar-refractivity contribution in [1.29, 1.82) is 0 Å². The van der Waals surface area contributed by atoms with Crippen LogP contribution in [0.25, 0.3) is 0 Å². The van der Waals surface area contributed by atoms with Crippen LogP contribution in [0.3, 0.4) is 0 Å². The van der Waals surface area contributed by atoms with Crippen LogP contribution >= 0.6 is 23.2 Å². The second kappa shape index (κ2) is 6.89. The lowest BCUT2D eigenvalue weighted by Crippen LogP contribution is -2.28. The molecule has 2 N–H and O–H groups in total. The zero-order valence-corrected chi connectivity index (χ0v) is 14.5. The lowest BCUT2D eigenvalue weighted by atomic mass is 9.80. The van der Waals surface area contributed by atoms with Crippen LogP contribution < -0.4 is 0 Å². The Bertz CT molecular complexity index is 840. The van der Waals surface area contributed by atoms with Gasteiger partial charge in [-0.15, -0.1) is 0 Å². The number of hydrogen-bond donors (Lipinski definition) is 2. The van der Waals surface area contributed by atoms with Crippen molar-refractivity contribution in [3.8, 4) is 0 Å². The highest BCUT2D eigenvalue weighted by atomic mass is 35.5. The number of carboxylic acids is 1. The van der Waals surface area contributed by atoms with E-state index in [2.05, 4.69) is 0 Å². The van der Waals surface area contributed by atoms with Gasteiger partial charge >= 0.3 is 5.97 Å². The molecule has 0 aliphatic carbocycles. The molecule has 0 atom stereocenters. The molecule has 3 nitrogen and oxygen atoms in total. The first kappa shape index (κ1) is 17.5. The van der Waals surface area contributed by atoms with Crippen LogP contribution in [0.1, 0.15) is 27.0 Å². The molecule has 0 aromatic heterocycles. The first-order chi connectivity index (χ1) is 11.9. The first-order valence-corrected chi connectivity index (χ1v) is 8.25. The standard InChI is InChI=1S/C20H14Cl2O3/c21-17-9-5-15(6-10-17)20(25,16-7-11-18(22)12-8-16)14-3-1-13(2-4-14)19(23)24/h1-12,25H,(H,23,24). The largest absolute Gasteiger partial charge is 0.478 e. The molecule has 126 valence electrons. The van der Waals surface area contributed by atoms with E-state index in [1.165, 1.54) is 12.1 Å². The van der Waals surface area contributed by atoms with E-state index < -0.39 is 11.6 Å². The summed E-state index contributed by atoms with van der Waals surface area (Å²) in [7, 11) is 0. The summed E-state index contributed by atoms with van der Waals surface area (Å²) in [6, 6.07) is 19.9. The highest BCUT2D eigenvalue weighted by Crippen LogP contribution is 2.37. The molecule has 25 heavy (non-hydrogen) atoms. The molecule has 0 saturated heterocycles. The summed E-state index contributed by atoms with van der Waals surface area (Å²) in [5.74, 6) is -1.02. The van der Waals surface area contributed by atoms with Crippen LogP contribution in [-0.4, -0.2) is 16.2 Å². The molecule has 0 spiro atoms. The van der Waals surface area contributed by atoms with E-state index in [9.17, 15) is 9.90 Å². The molecule has 3 aromatic carbocycles. The van der Waals surface area contributed by atoms with Crippen molar-refractivity contribution in [2.75, 3.05) is 0 Å². The van der Waals surface area contributed by atoms with Crippen molar-refractivity contribution in [2.45, 2.75) is 5.60 Å². The Morgan fingerprint density at radius 3 is 1.32 bits per heavy atom. The van der Waals surface area contributed by atoms with E-state index >= 15 is 0 Å². The van der Waals surface area contributed by atoms with E-state index in [-0.39, 0.29) is 5.56 Å². The van der Waals surface area contributed by atoms with Gasteiger partial charge in [0.1, 0.15) is 5.60 Å². The van der Waals surface area contributed by atoms with Crippen LogP contribution in [0.4, 0.5) is 0 Å². The quantitative estimate of drug-likeness (QED) is 0.635. The van der Waals surface area contributed by atoms with Gasteiger partial charge in [0.05, 0.1) is 5.56 Å². The smallest absolute Gasteiger partial charge is 0.335 e. The Balaban J connectivity index is 2.19. The van der Waals surface area contributed by atoms with E-state index in [1.807, 2.05) is 0 Å². The van der Waals surface area contributed by atoms with Gasteiger partial charge < -0.3 is 10.2 Å². The molecule has 5 heteroatoms. The monoisotopic (exact) mass is 372 g/mol. The third kappa shape index (κ3) is 3.40. The highest BCUT2D eigenvalue weighted by Gasteiger charge is 2.33. The Labute approximate surface area is 155 Å². The number of carboxylic acid groups (broad SMARTS) is 1. The number of aliphatic hydroxyl groups is 1. The molecule has 0 aliphatic heterocycles. The Morgan fingerprint density at radius 1 is 0.680 bits per heavy atom. The van der Waals surface area contributed by atoms with E-state index in [0.29, 0.717) is 26.7 Å². The maximum atomic E-state index is 11.6. The molecule has 3 rings (SSSR count). The second-order valence-corrected chi connectivity index (χ2v) is 6.48. The average Bonchev–Trinajstić information content (AvgIpc) is 2.62. The average molecular weight is 373 g/mol. The van der Waals surface area contributed by atoms with Crippen molar-refractivity contribution in [1.82, 2.24) is 0 Å². The summed E-state index contributed by atoms with van der Waals surface area (Å²) >= 11 is 11.9. The van der Waals surface area contributed by atoms with Gasteiger partial charge in [0.15, 0.2) is 0 Å². The summed E-state index contributed by atoms with van der Waals surface area (Å²) in [4.78, 5) is 11.1. The molecule has 3 aromatic rings.